The van der Waals surface area contributed by atoms with Crippen LogP contribution in [0.4, 0.5) is 5.82 Å². The second-order valence-corrected chi connectivity index (χ2v) is 5.32. The van der Waals surface area contributed by atoms with Gasteiger partial charge in [0.05, 0.1) is 12.6 Å². The molecular formula is C18H18N4O2. The summed E-state index contributed by atoms with van der Waals surface area (Å²) >= 11 is 0. The third-order valence-electron chi connectivity index (χ3n) is 3.64. The maximum atomic E-state index is 12.0. The molecule has 2 aromatic carbocycles. The van der Waals surface area contributed by atoms with Gasteiger partial charge in [0.15, 0.2) is 5.82 Å². The largest absolute Gasteiger partial charge is 0.497 e. The van der Waals surface area contributed by atoms with Crippen LogP contribution in [0.5, 0.6) is 5.75 Å². The van der Waals surface area contributed by atoms with E-state index in [-0.39, 0.29) is 5.91 Å². The number of hydrogen-bond donors (Lipinski definition) is 3. The number of aromatic nitrogens is 2. The fourth-order valence-electron chi connectivity index (χ4n) is 2.36. The molecule has 4 N–H and O–H groups in total. The summed E-state index contributed by atoms with van der Waals surface area (Å²) in [6, 6.07) is 13.2. The number of hydrogen-bond acceptors (Lipinski definition) is 4. The molecule has 0 saturated heterocycles. The Morgan fingerprint density at radius 2 is 2.21 bits per heavy atom. The highest BCUT2D eigenvalue weighted by Crippen LogP contribution is 2.19. The lowest BCUT2D eigenvalue weighted by atomic mass is 10.1. The second kappa shape index (κ2) is 6.87. The molecule has 1 amide bonds. The van der Waals surface area contributed by atoms with Crippen LogP contribution in [0.15, 0.2) is 48.5 Å². The zero-order valence-corrected chi connectivity index (χ0v) is 13.2. The number of benzene rings is 2. The van der Waals surface area contributed by atoms with Crippen molar-refractivity contribution in [3.05, 3.63) is 59.7 Å². The Balaban J connectivity index is 1.62. The van der Waals surface area contributed by atoms with Crippen LogP contribution < -0.4 is 15.8 Å². The second-order valence-electron chi connectivity index (χ2n) is 5.32. The van der Waals surface area contributed by atoms with E-state index in [1.165, 1.54) is 6.08 Å². The third kappa shape index (κ3) is 3.55. The van der Waals surface area contributed by atoms with Crippen LogP contribution in [0.25, 0.3) is 17.0 Å². The molecule has 0 bridgehead atoms. The molecule has 0 spiro atoms. The van der Waals surface area contributed by atoms with Crippen molar-refractivity contribution in [2.75, 3.05) is 12.8 Å². The zero-order chi connectivity index (χ0) is 16.9. The van der Waals surface area contributed by atoms with Gasteiger partial charge in [-0.25, -0.2) is 0 Å². The van der Waals surface area contributed by atoms with Gasteiger partial charge in [0.2, 0.25) is 5.91 Å². The summed E-state index contributed by atoms with van der Waals surface area (Å²) in [6.07, 6.45) is 3.24. The zero-order valence-electron chi connectivity index (χ0n) is 13.2. The molecule has 3 aromatic rings. The van der Waals surface area contributed by atoms with Crippen LogP contribution in [-0.2, 0) is 11.3 Å². The lowest BCUT2D eigenvalue weighted by Gasteiger charge is -2.05. The highest BCUT2D eigenvalue weighted by molar-refractivity contribution is 5.94. The van der Waals surface area contributed by atoms with Crippen molar-refractivity contribution >= 4 is 28.7 Å². The lowest BCUT2D eigenvalue weighted by molar-refractivity contribution is -0.116. The van der Waals surface area contributed by atoms with Crippen molar-refractivity contribution in [2.45, 2.75) is 6.54 Å². The van der Waals surface area contributed by atoms with Gasteiger partial charge in [-0.05, 0) is 41.5 Å². The lowest BCUT2D eigenvalue weighted by Crippen LogP contribution is -2.20. The summed E-state index contributed by atoms with van der Waals surface area (Å²) in [6.45, 7) is 0.439. The molecular weight excluding hydrogens is 304 g/mol. The van der Waals surface area contributed by atoms with Crippen molar-refractivity contribution < 1.29 is 9.53 Å². The number of aromatic amines is 1. The van der Waals surface area contributed by atoms with E-state index in [0.29, 0.717) is 12.4 Å². The molecule has 122 valence electrons. The van der Waals surface area contributed by atoms with Crippen LogP contribution in [0.1, 0.15) is 11.1 Å². The highest BCUT2D eigenvalue weighted by Gasteiger charge is 2.02. The Hall–Kier alpha value is -3.28. The first kappa shape index (κ1) is 15.6. The number of H-pyrrole nitrogens is 1. The minimum Gasteiger partial charge on any atom is -0.497 e. The summed E-state index contributed by atoms with van der Waals surface area (Å²) in [7, 11) is 1.62. The maximum absolute atomic E-state index is 12.0. The number of nitrogens with two attached hydrogens (primary N) is 1. The number of fused-ring (bicyclic) bond motifs is 1. The molecule has 0 aliphatic carbocycles. The molecule has 0 atom stereocenters. The van der Waals surface area contributed by atoms with Crippen LogP contribution in [0.3, 0.4) is 0 Å². The van der Waals surface area contributed by atoms with Gasteiger partial charge in [-0.3, -0.25) is 9.89 Å². The molecule has 6 nitrogen and oxygen atoms in total. The number of anilines is 1. The number of rotatable bonds is 5. The first-order chi connectivity index (χ1) is 11.7. The van der Waals surface area contributed by atoms with Gasteiger partial charge in [0, 0.05) is 18.0 Å². The molecule has 24 heavy (non-hydrogen) atoms. The van der Waals surface area contributed by atoms with Gasteiger partial charge >= 0.3 is 0 Å². The van der Waals surface area contributed by atoms with Crippen molar-refractivity contribution in [1.29, 1.82) is 0 Å². The fourth-order valence-corrected chi connectivity index (χ4v) is 2.36. The molecule has 0 aliphatic rings. The van der Waals surface area contributed by atoms with Crippen molar-refractivity contribution in [3.63, 3.8) is 0 Å². The van der Waals surface area contributed by atoms with E-state index in [0.717, 1.165) is 27.8 Å². The Kier molecular flexibility index (Phi) is 4.47. The number of carbonyl (C=O) groups is 1. The van der Waals surface area contributed by atoms with E-state index in [1.54, 1.807) is 13.2 Å². The average molecular weight is 322 g/mol. The van der Waals surface area contributed by atoms with E-state index < -0.39 is 0 Å². The summed E-state index contributed by atoms with van der Waals surface area (Å²) in [5.74, 6) is 1.05. The number of nitrogen functional groups attached to an aromatic ring is 1. The normalized spacial score (nSPS) is 11.0. The van der Waals surface area contributed by atoms with Gasteiger partial charge in [0.1, 0.15) is 5.75 Å². The van der Waals surface area contributed by atoms with Crippen molar-refractivity contribution in [1.82, 2.24) is 15.5 Å². The first-order valence-electron chi connectivity index (χ1n) is 7.48. The summed E-state index contributed by atoms with van der Waals surface area (Å²) in [5.41, 5.74) is 8.51. The van der Waals surface area contributed by atoms with Crippen LogP contribution in [0, 0.1) is 0 Å². The minimum absolute atomic E-state index is 0.168. The molecule has 0 unspecified atom stereocenters. The molecule has 1 aromatic heterocycles. The minimum atomic E-state index is -0.168. The number of ether oxygens (including phenoxy) is 1. The average Bonchev–Trinajstić information content (AvgIpc) is 2.99. The van der Waals surface area contributed by atoms with Gasteiger partial charge in [-0.2, -0.15) is 5.10 Å². The highest BCUT2D eigenvalue weighted by atomic mass is 16.5. The smallest absolute Gasteiger partial charge is 0.244 e. The van der Waals surface area contributed by atoms with Crippen LogP contribution in [-0.4, -0.2) is 23.2 Å². The van der Waals surface area contributed by atoms with E-state index in [1.807, 2.05) is 42.5 Å². The van der Waals surface area contributed by atoms with Crippen molar-refractivity contribution in [2.24, 2.45) is 0 Å². The van der Waals surface area contributed by atoms with E-state index in [9.17, 15) is 4.79 Å². The maximum Gasteiger partial charge on any atom is 0.244 e. The monoisotopic (exact) mass is 322 g/mol. The Morgan fingerprint density at radius 3 is 3.04 bits per heavy atom. The third-order valence-corrected chi connectivity index (χ3v) is 3.64. The quantitative estimate of drug-likeness (QED) is 0.629. The number of carbonyl (C=O) groups excluding carboxylic acids is 1. The first-order valence-corrected chi connectivity index (χ1v) is 7.48. The molecule has 0 fully saturated rings. The number of amides is 1. The van der Waals surface area contributed by atoms with Crippen molar-refractivity contribution in [3.8, 4) is 5.75 Å². The van der Waals surface area contributed by atoms with E-state index in [2.05, 4.69) is 15.5 Å². The van der Waals surface area contributed by atoms with Gasteiger partial charge in [-0.1, -0.05) is 18.2 Å². The molecule has 0 saturated carbocycles. The molecule has 0 radical (unpaired) electrons. The SMILES string of the molecule is COc1cccc(CNC(=O)/C=C/c2ccc3[nH]nc(N)c3c2)c1. The molecule has 1 heterocycles. The molecule has 0 aliphatic heterocycles. The van der Waals surface area contributed by atoms with Gasteiger partial charge in [0.25, 0.3) is 0 Å². The topological polar surface area (TPSA) is 93.0 Å². The number of nitrogens with zero attached hydrogens (tertiary/aromatic N) is 1. The van der Waals surface area contributed by atoms with E-state index in [4.69, 9.17) is 10.5 Å². The van der Waals surface area contributed by atoms with Crippen LogP contribution >= 0.6 is 0 Å². The summed E-state index contributed by atoms with van der Waals surface area (Å²) in [5, 5.41) is 10.5. The molecule has 6 heteroatoms. The Labute approximate surface area is 139 Å². The predicted octanol–water partition coefficient (Wildman–Crippen LogP) is 2.48. The van der Waals surface area contributed by atoms with Gasteiger partial charge < -0.3 is 15.8 Å². The van der Waals surface area contributed by atoms with E-state index >= 15 is 0 Å². The number of nitrogens with one attached hydrogen (secondary N) is 2. The number of methoxy groups -OCH3 is 1. The van der Waals surface area contributed by atoms with Crippen LogP contribution in [0.2, 0.25) is 0 Å². The Morgan fingerprint density at radius 1 is 1.33 bits per heavy atom. The Bertz CT molecular complexity index is 899. The van der Waals surface area contributed by atoms with Gasteiger partial charge in [-0.15, -0.1) is 0 Å². The predicted molar refractivity (Wildman–Crippen MR) is 94.4 cm³/mol. The fraction of sp³-hybridized carbons (Fsp3) is 0.111. The molecule has 3 rings (SSSR count). The summed E-state index contributed by atoms with van der Waals surface area (Å²) < 4.78 is 5.16. The standard InChI is InChI=1S/C18H18N4O2/c1-24-14-4-2-3-13(9-14)11-20-17(23)8-6-12-5-7-16-15(10-12)18(19)22-21-16/h2-10H,11H2,1H3,(H,20,23)(H3,19,21,22)/b8-6+. The summed E-state index contributed by atoms with van der Waals surface area (Å²) in [4.78, 5) is 12.0.